The first-order valence-electron chi connectivity index (χ1n) is 8.41. The SMILES string of the molecule is CC(C)(C)OC(=O)N1CCC(OCc2ccccc2F)C(C)(C)C1. The van der Waals surface area contributed by atoms with Crippen LogP contribution >= 0.6 is 0 Å². The molecule has 1 saturated heterocycles. The molecule has 0 aliphatic carbocycles. The number of halogens is 1. The van der Waals surface area contributed by atoms with Crippen molar-refractivity contribution in [3.63, 3.8) is 0 Å². The van der Waals surface area contributed by atoms with Crippen molar-refractivity contribution in [3.8, 4) is 0 Å². The van der Waals surface area contributed by atoms with Crippen LogP contribution in [-0.4, -0.2) is 35.8 Å². The standard InChI is InChI=1S/C19H28FNO3/c1-18(2,3)24-17(22)21-11-10-16(19(4,5)13-21)23-12-14-8-6-7-9-15(14)20/h6-9,16H,10-13H2,1-5H3. The van der Waals surface area contributed by atoms with E-state index in [0.29, 0.717) is 25.1 Å². The lowest BCUT2D eigenvalue weighted by Gasteiger charge is -2.44. The van der Waals surface area contributed by atoms with Gasteiger partial charge in [0.15, 0.2) is 0 Å². The highest BCUT2D eigenvalue weighted by Gasteiger charge is 2.39. The molecule has 1 aromatic carbocycles. The molecule has 0 aromatic heterocycles. The first-order chi connectivity index (χ1) is 11.1. The Bertz CT molecular complexity index is 580. The summed E-state index contributed by atoms with van der Waals surface area (Å²) in [7, 11) is 0. The lowest BCUT2D eigenvalue weighted by atomic mass is 9.81. The second-order valence-electron chi connectivity index (χ2n) is 8.07. The van der Waals surface area contributed by atoms with Crippen LogP contribution in [0.4, 0.5) is 9.18 Å². The normalized spacial score (nSPS) is 20.8. The van der Waals surface area contributed by atoms with Crippen LogP contribution in [0.2, 0.25) is 0 Å². The highest BCUT2D eigenvalue weighted by Crippen LogP contribution is 2.33. The lowest BCUT2D eigenvalue weighted by molar-refractivity contribution is -0.0826. The third kappa shape index (κ3) is 4.94. The number of carbonyl (C=O) groups is 1. The fourth-order valence-corrected chi connectivity index (χ4v) is 2.93. The van der Waals surface area contributed by atoms with E-state index in [9.17, 15) is 9.18 Å². The summed E-state index contributed by atoms with van der Waals surface area (Å²) in [6.07, 6.45) is 0.389. The number of piperidine rings is 1. The zero-order chi connectivity index (χ0) is 18.0. The third-order valence-corrected chi connectivity index (χ3v) is 4.18. The molecular weight excluding hydrogens is 309 g/mol. The quantitative estimate of drug-likeness (QED) is 0.822. The molecular formula is C19H28FNO3. The monoisotopic (exact) mass is 337 g/mol. The molecule has 5 heteroatoms. The zero-order valence-corrected chi connectivity index (χ0v) is 15.3. The van der Waals surface area contributed by atoms with E-state index in [1.165, 1.54) is 6.07 Å². The van der Waals surface area contributed by atoms with Crippen LogP contribution in [0.1, 0.15) is 46.6 Å². The minimum atomic E-state index is -0.501. The maximum absolute atomic E-state index is 13.7. The Labute approximate surface area is 143 Å². The molecule has 24 heavy (non-hydrogen) atoms. The summed E-state index contributed by atoms with van der Waals surface area (Å²) in [6.45, 7) is 11.1. The molecule has 1 aromatic rings. The molecule has 1 unspecified atom stereocenters. The smallest absolute Gasteiger partial charge is 0.410 e. The molecule has 1 aliphatic heterocycles. The number of hydrogen-bond donors (Lipinski definition) is 0. The van der Waals surface area contributed by atoms with E-state index in [0.717, 1.165) is 0 Å². The molecule has 0 N–H and O–H groups in total. The van der Waals surface area contributed by atoms with E-state index in [1.807, 2.05) is 20.8 Å². The number of likely N-dealkylation sites (tertiary alicyclic amines) is 1. The summed E-state index contributed by atoms with van der Waals surface area (Å²) in [5.74, 6) is -0.249. The van der Waals surface area contributed by atoms with E-state index in [1.54, 1.807) is 23.1 Å². The van der Waals surface area contributed by atoms with Crippen LogP contribution in [0.3, 0.4) is 0 Å². The highest BCUT2D eigenvalue weighted by atomic mass is 19.1. The van der Waals surface area contributed by atoms with Crippen LogP contribution in [0.5, 0.6) is 0 Å². The van der Waals surface area contributed by atoms with Gasteiger partial charge in [0.05, 0.1) is 12.7 Å². The van der Waals surface area contributed by atoms with Crippen molar-refractivity contribution in [3.05, 3.63) is 35.6 Å². The van der Waals surface area contributed by atoms with Crippen molar-refractivity contribution in [2.45, 2.75) is 59.4 Å². The largest absolute Gasteiger partial charge is 0.444 e. The van der Waals surface area contributed by atoms with Gasteiger partial charge >= 0.3 is 6.09 Å². The number of nitrogens with zero attached hydrogens (tertiary/aromatic N) is 1. The third-order valence-electron chi connectivity index (χ3n) is 4.18. The summed E-state index contributed by atoms with van der Waals surface area (Å²) in [5, 5.41) is 0. The van der Waals surface area contributed by atoms with Gasteiger partial charge in [-0.05, 0) is 33.3 Å². The van der Waals surface area contributed by atoms with Crippen molar-refractivity contribution in [1.82, 2.24) is 4.90 Å². The second kappa shape index (κ2) is 7.09. The molecule has 0 bridgehead atoms. The number of rotatable bonds is 3. The Kier molecular flexibility index (Phi) is 5.53. The second-order valence-corrected chi connectivity index (χ2v) is 8.07. The fourth-order valence-electron chi connectivity index (χ4n) is 2.93. The lowest BCUT2D eigenvalue weighted by Crippen LogP contribution is -2.52. The van der Waals surface area contributed by atoms with Gasteiger partial charge < -0.3 is 14.4 Å². The summed E-state index contributed by atoms with van der Waals surface area (Å²) >= 11 is 0. The topological polar surface area (TPSA) is 38.8 Å². The molecule has 4 nitrogen and oxygen atoms in total. The molecule has 1 aliphatic rings. The minimum absolute atomic E-state index is 0.0317. The Hall–Kier alpha value is -1.62. The summed E-state index contributed by atoms with van der Waals surface area (Å²) in [5.41, 5.74) is -0.164. The zero-order valence-electron chi connectivity index (χ0n) is 15.3. The molecule has 0 radical (unpaired) electrons. The Morgan fingerprint density at radius 3 is 2.58 bits per heavy atom. The Morgan fingerprint density at radius 2 is 2.00 bits per heavy atom. The first-order valence-corrected chi connectivity index (χ1v) is 8.41. The summed E-state index contributed by atoms with van der Waals surface area (Å²) < 4.78 is 25.1. The number of benzene rings is 1. The number of amides is 1. The molecule has 1 atom stereocenters. The van der Waals surface area contributed by atoms with Gasteiger partial charge in [-0.1, -0.05) is 32.0 Å². The van der Waals surface area contributed by atoms with Crippen LogP contribution < -0.4 is 0 Å². The average molecular weight is 337 g/mol. The van der Waals surface area contributed by atoms with Gasteiger partial charge in [-0.2, -0.15) is 0 Å². The van der Waals surface area contributed by atoms with E-state index in [4.69, 9.17) is 9.47 Å². The maximum atomic E-state index is 13.7. The van der Waals surface area contributed by atoms with Crippen molar-refractivity contribution >= 4 is 6.09 Å². The Balaban J connectivity index is 1.94. The number of carbonyl (C=O) groups excluding carboxylic acids is 1. The summed E-state index contributed by atoms with van der Waals surface area (Å²) in [4.78, 5) is 14.0. The maximum Gasteiger partial charge on any atom is 0.410 e. The number of hydrogen-bond acceptors (Lipinski definition) is 3. The van der Waals surface area contributed by atoms with Gasteiger partial charge in [0.1, 0.15) is 11.4 Å². The first kappa shape index (κ1) is 18.7. The highest BCUT2D eigenvalue weighted by molar-refractivity contribution is 5.68. The number of ether oxygens (including phenoxy) is 2. The van der Waals surface area contributed by atoms with Gasteiger partial charge in [-0.3, -0.25) is 0 Å². The van der Waals surface area contributed by atoms with Crippen LogP contribution in [0, 0.1) is 11.2 Å². The van der Waals surface area contributed by atoms with Gasteiger partial charge in [-0.15, -0.1) is 0 Å². The molecule has 0 spiro atoms. The molecule has 1 amide bonds. The predicted molar refractivity (Wildman–Crippen MR) is 91.2 cm³/mol. The van der Waals surface area contributed by atoms with Crippen molar-refractivity contribution in [1.29, 1.82) is 0 Å². The summed E-state index contributed by atoms with van der Waals surface area (Å²) in [6, 6.07) is 6.65. The molecule has 2 rings (SSSR count). The molecule has 1 fully saturated rings. The Morgan fingerprint density at radius 1 is 1.33 bits per heavy atom. The van der Waals surface area contributed by atoms with Crippen LogP contribution in [-0.2, 0) is 16.1 Å². The van der Waals surface area contributed by atoms with Gasteiger partial charge in [-0.25, -0.2) is 9.18 Å². The van der Waals surface area contributed by atoms with Crippen LogP contribution in [0.15, 0.2) is 24.3 Å². The predicted octanol–water partition coefficient (Wildman–Crippen LogP) is 4.38. The van der Waals surface area contributed by atoms with E-state index < -0.39 is 5.60 Å². The average Bonchev–Trinajstić information content (AvgIpc) is 2.45. The van der Waals surface area contributed by atoms with Crippen molar-refractivity contribution in [2.24, 2.45) is 5.41 Å². The van der Waals surface area contributed by atoms with Crippen LogP contribution in [0.25, 0.3) is 0 Å². The molecule has 1 heterocycles. The molecule has 134 valence electrons. The van der Waals surface area contributed by atoms with Gasteiger partial charge in [0.2, 0.25) is 0 Å². The van der Waals surface area contributed by atoms with E-state index in [-0.39, 0.29) is 30.0 Å². The van der Waals surface area contributed by atoms with Crippen molar-refractivity contribution < 1.29 is 18.7 Å². The van der Waals surface area contributed by atoms with E-state index >= 15 is 0 Å². The molecule has 0 saturated carbocycles. The fraction of sp³-hybridized carbons (Fsp3) is 0.632. The minimum Gasteiger partial charge on any atom is -0.444 e. The van der Waals surface area contributed by atoms with Gasteiger partial charge in [0, 0.05) is 24.1 Å². The van der Waals surface area contributed by atoms with Crippen molar-refractivity contribution in [2.75, 3.05) is 13.1 Å². The van der Waals surface area contributed by atoms with Gasteiger partial charge in [0.25, 0.3) is 0 Å². The van der Waals surface area contributed by atoms with E-state index in [2.05, 4.69) is 13.8 Å².